The van der Waals surface area contributed by atoms with E-state index in [1.165, 1.54) is 5.56 Å². The number of benzene rings is 1. The number of nitrogens with zero attached hydrogens (tertiary/aromatic N) is 2. The molecule has 3 nitrogen and oxygen atoms in total. The van der Waals surface area contributed by atoms with E-state index >= 15 is 0 Å². The zero-order chi connectivity index (χ0) is 12.0. The Bertz CT molecular complexity index is 634. The highest BCUT2D eigenvalue weighted by atomic mass is 16.3. The molecule has 0 saturated carbocycles. The highest BCUT2D eigenvalue weighted by Gasteiger charge is 2.24. The number of aliphatic hydroxyl groups is 1. The van der Waals surface area contributed by atoms with Gasteiger partial charge in [0.1, 0.15) is 0 Å². The minimum absolute atomic E-state index is 0.360. The first kappa shape index (κ1) is 10.4. The maximum absolute atomic E-state index is 10.1. The third-order valence-corrected chi connectivity index (χ3v) is 3.70. The minimum Gasteiger partial charge on any atom is -0.387 e. The minimum atomic E-state index is -0.360. The molecule has 1 aliphatic carbocycles. The lowest BCUT2D eigenvalue weighted by Crippen LogP contribution is -2.11. The summed E-state index contributed by atoms with van der Waals surface area (Å²) in [5, 5.41) is 20.2. The van der Waals surface area contributed by atoms with Gasteiger partial charge >= 0.3 is 0 Å². The number of aromatic nitrogens is 1. The molecule has 0 fully saturated rings. The average Bonchev–Trinajstić information content (AvgIpc) is 2.64. The van der Waals surface area contributed by atoms with E-state index in [0.29, 0.717) is 5.56 Å². The molecule has 3 rings (SSSR count). The van der Waals surface area contributed by atoms with Gasteiger partial charge in [0.15, 0.2) is 0 Å². The van der Waals surface area contributed by atoms with Crippen LogP contribution in [0, 0.1) is 11.3 Å². The number of fused-ring (bicyclic) bond motifs is 3. The zero-order valence-electron chi connectivity index (χ0n) is 9.77. The van der Waals surface area contributed by atoms with Crippen LogP contribution in [0.15, 0.2) is 18.2 Å². The summed E-state index contributed by atoms with van der Waals surface area (Å²) in [5.74, 6) is 0. The molecule has 1 heterocycles. The molecule has 0 aliphatic heterocycles. The quantitative estimate of drug-likeness (QED) is 0.750. The summed E-state index contributed by atoms with van der Waals surface area (Å²) in [6, 6.07) is 7.92. The summed E-state index contributed by atoms with van der Waals surface area (Å²) >= 11 is 0. The van der Waals surface area contributed by atoms with Gasteiger partial charge in [-0.15, -0.1) is 0 Å². The van der Waals surface area contributed by atoms with Crippen molar-refractivity contribution < 1.29 is 5.11 Å². The summed E-state index contributed by atoms with van der Waals surface area (Å²) in [7, 11) is 1.99. The van der Waals surface area contributed by atoms with Crippen molar-refractivity contribution in [3.63, 3.8) is 0 Å². The molecule has 17 heavy (non-hydrogen) atoms. The number of hydrogen-bond acceptors (Lipinski definition) is 2. The number of nitriles is 1. The fraction of sp³-hybridized carbons (Fsp3) is 0.357. The molecule has 0 spiro atoms. The Labute approximate surface area is 99.9 Å². The monoisotopic (exact) mass is 226 g/mol. The van der Waals surface area contributed by atoms with E-state index < -0.39 is 0 Å². The lowest BCUT2D eigenvalue weighted by molar-refractivity contribution is 0.149. The molecule has 86 valence electrons. The van der Waals surface area contributed by atoms with E-state index in [9.17, 15) is 5.11 Å². The van der Waals surface area contributed by atoms with E-state index in [0.717, 1.165) is 35.9 Å². The second kappa shape index (κ2) is 3.61. The van der Waals surface area contributed by atoms with Crippen molar-refractivity contribution in [1.82, 2.24) is 4.57 Å². The Morgan fingerprint density at radius 2 is 2.29 bits per heavy atom. The van der Waals surface area contributed by atoms with Gasteiger partial charge in [0.05, 0.1) is 23.4 Å². The lowest BCUT2D eigenvalue weighted by atomic mass is 9.93. The zero-order valence-corrected chi connectivity index (χ0v) is 9.77. The molecular formula is C14H14N2O. The molecule has 0 amide bonds. The van der Waals surface area contributed by atoms with Crippen LogP contribution in [0.1, 0.15) is 35.8 Å². The number of aliphatic hydroxyl groups excluding tert-OH is 1. The fourth-order valence-corrected chi connectivity index (χ4v) is 2.91. The maximum atomic E-state index is 10.1. The van der Waals surface area contributed by atoms with Crippen LogP contribution in [0.3, 0.4) is 0 Å². The fourth-order valence-electron chi connectivity index (χ4n) is 2.91. The molecule has 1 N–H and O–H groups in total. The topological polar surface area (TPSA) is 49.0 Å². The summed E-state index contributed by atoms with van der Waals surface area (Å²) in [5.41, 5.74) is 4.04. The summed E-state index contributed by atoms with van der Waals surface area (Å²) in [6.07, 6.45) is 2.49. The normalized spacial score (nSPS) is 19.0. The van der Waals surface area contributed by atoms with Crippen molar-refractivity contribution >= 4 is 10.9 Å². The van der Waals surface area contributed by atoms with Crippen molar-refractivity contribution in [2.24, 2.45) is 7.05 Å². The van der Waals surface area contributed by atoms with E-state index in [1.807, 2.05) is 25.2 Å². The SMILES string of the molecule is Cn1c2c(c3cc(C#N)ccc31)CCCC2O. The van der Waals surface area contributed by atoms with Crippen molar-refractivity contribution in [2.45, 2.75) is 25.4 Å². The van der Waals surface area contributed by atoms with Gasteiger partial charge in [-0.25, -0.2) is 0 Å². The second-order valence-electron chi connectivity index (χ2n) is 4.67. The molecule has 2 aromatic rings. The Balaban J connectivity index is 2.37. The number of aryl methyl sites for hydroxylation is 2. The Morgan fingerprint density at radius 1 is 1.47 bits per heavy atom. The molecule has 1 unspecified atom stereocenters. The van der Waals surface area contributed by atoms with Crippen molar-refractivity contribution in [3.05, 3.63) is 35.0 Å². The maximum Gasteiger partial charge on any atom is 0.0991 e. The third-order valence-electron chi connectivity index (χ3n) is 3.70. The molecule has 0 radical (unpaired) electrons. The van der Waals surface area contributed by atoms with Crippen LogP contribution >= 0.6 is 0 Å². The molecule has 3 heteroatoms. The summed E-state index contributed by atoms with van der Waals surface area (Å²) in [6.45, 7) is 0. The van der Waals surface area contributed by atoms with Crippen LogP contribution < -0.4 is 0 Å². The van der Waals surface area contributed by atoms with Gasteiger partial charge in [0.2, 0.25) is 0 Å². The first-order valence-electron chi connectivity index (χ1n) is 5.91. The number of rotatable bonds is 0. The second-order valence-corrected chi connectivity index (χ2v) is 4.67. The van der Waals surface area contributed by atoms with Gasteiger partial charge in [0.25, 0.3) is 0 Å². The van der Waals surface area contributed by atoms with E-state index in [1.54, 1.807) is 0 Å². The van der Waals surface area contributed by atoms with E-state index in [4.69, 9.17) is 5.26 Å². The highest BCUT2D eigenvalue weighted by molar-refractivity contribution is 5.87. The van der Waals surface area contributed by atoms with Crippen LogP contribution in [0.2, 0.25) is 0 Å². The average molecular weight is 226 g/mol. The molecule has 1 aromatic carbocycles. The van der Waals surface area contributed by atoms with Crippen LogP contribution in [-0.4, -0.2) is 9.67 Å². The lowest BCUT2D eigenvalue weighted by Gasteiger charge is -2.19. The van der Waals surface area contributed by atoms with Crippen molar-refractivity contribution in [1.29, 1.82) is 5.26 Å². The van der Waals surface area contributed by atoms with Gasteiger partial charge in [0, 0.05) is 18.0 Å². The van der Waals surface area contributed by atoms with Crippen LogP contribution in [0.25, 0.3) is 10.9 Å². The Kier molecular flexibility index (Phi) is 2.20. The van der Waals surface area contributed by atoms with Gasteiger partial charge < -0.3 is 9.67 Å². The molecule has 1 aliphatic rings. The molecule has 1 aromatic heterocycles. The summed E-state index contributed by atoms with van der Waals surface area (Å²) < 4.78 is 2.07. The highest BCUT2D eigenvalue weighted by Crippen LogP contribution is 2.36. The Hall–Kier alpha value is -1.79. The largest absolute Gasteiger partial charge is 0.387 e. The predicted octanol–water partition coefficient (Wildman–Crippen LogP) is 2.42. The molecule has 1 atom stereocenters. The van der Waals surface area contributed by atoms with Crippen molar-refractivity contribution in [3.8, 4) is 6.07 Å². The number of hydrogen-bond donors (Lipinski definition) is 1. The van der Waals surface area contributed by atoms with E-state index in [2.05, 4.69) is 10.6 Å². The van der Waals surface area contributed by atoms with Gasteiger partial charge in [-0.2, -0.15) is 5.26 Å². The van der Waals surface area contributed by atoms with Crippen LogP contribution in [-0.2, 0) is 13.5 Å². The Morgan fingerprint density at radius 3 is 3.06 bits per heavy atom. The molecular weight excluding hydrogens is 212 g/mol. The first-order chi connectivity index (χ1) is 8.22. The third kappa shape index (κ3) is 1.38. The van der Waals surface area contributed by atoms with Gasteiger partial charge in [-0.1, -0.05) is 0 Å². The smallest absolute Gasteiger partial charge is 0.0991 e. The summed E-state index contributed by atoms with van der Waals surface area (Å²) in [4.78, 5) is 0. The van der Waals surface area contributed by atoms with Crippen molar-refractivity contribution in [2.75, 3.05) is 0 Å². The predicted molar refractivity (Wildman–Crippen MR) is 65.5 cm³/mol. The van der Waals surface area contributed by atoms with Gasteiger partial charge in [-0.05, 0) is 43.0 Å². The molecule has 0 saturated heterocycles. The standard InChI is InChI=1S/C14H14N2O/c1-16-12-6-5-9(8-15)7-11(12)10-3-2-4-13(17)14(10)16/h5-7,13,17H,2-4H2,1H3. The van der Waals surface area contributed by atoms with Crippen LogP contribution in [0.5, 0.6) is 0 Å². The van der Waals surface area contributed by atoms with Crippen LogP contribution in [0.4, 0.5) is 0 Å². The first-order valence-corrected chi connectivity index (χ1v) is 5.91. The van der Waals surface area contributed by atoms with Gasteiger partial charge in [-0.3, -0.25) is 0 Å². The molecule has 0 bridgehead atoms. The van der Waals surface area contributed by atoms with E-state index in [-0.39, 0.29) is 6.10 Å².